The van der Waals surface area contributed by atoms with E-state index in [1.54, 1.807) is 13.0 Å². The number of sulfonamides is 1. The largest absolute Gasteiger partial charge is 0.333 e. The molecule has 0 unspecified atom stereocenters. The average Bonchev–Trinajstić information content (AvgIpc) is 2.66. The quantitative estimate of drug-likeness (QED) is 0.659. The maximum atomic E-state index is 13.0. The molecule has 0 radical (unpaired) electrons. The summed E-state index contributed by atoms with van der Waals surface area (Å²) in [6, 6.07) is 7.60. The summed E-state index contributed by atoms with van der Waals surface area (Å²) in [5.74, 6) is 0.225. The Morgan fingerprint density at radius 3 is 2.19 bits per heavy atom. The van der Waals surface area contributed by atoms with Gasteiger partial charge in [0.25, 0.3) is 10.0 Å². The highest BCUT2D eigenvalue weighted by molar-refractivity contribution is 7.92. The van der Waals surface area contributed by atoms with Crippen LogP contribution in [0.2, 0.25) is 0 Å². The van der Waals surface area contributed by atoms with Crippen LogP contribution in [0, 0.1) is 6.92 Å². The van der Waals surface area contributed by atoms with Crippen LogP contribution < -0.4 is 10.0 Å². The van der Waals surface area contributed by atoms with Gasteiger partial charge in [0.2, 0.25) is 0 Å². The maximum absolute atomic E-state index is 13.0. The monoisotopic (exact) mass is 478 g/mol. The third-order valence-electron chi connectivity index (χ3n) is 5.68. The van der Waals surface area contributed by atoms with Crippen molar-refractivity contribution in [2.45, 2.75) is 69.1 Å². The lowest BCUT2D eigenvalue weighted by atomic mass is 9.93. The number of aryl methyl sites for hydroxylation is 2. The molecule has 0 saturated carbocycles. The van der Waals surface area contributed by atoms with Crippen molar-refractivity contribution in [3.05, 3.63) is 52.6 Å². The molecule has 2 amide bonds. The van der Waals surface area contributed by atoms with Crippen LogP contribution in [0.15, 0.2) is 40.1 Å². The Labute approximate surface area is 190 Å². The lowest BCUT2D eigenvalue weighted by molar-refractivity contribution is 0.256. The normalized spacial score (nSPS) is 15.5. The van der Waals surface area contributed by atoms with Gasteiger partial charge in [-0.25, -0.2) is 26.4 Å². The molecule has 2 N–H and O–H groups in total. The van der Waals surface area contributed by atoms with Crippen molar-refractivity contribution in [1.82, 2.24) is 4.72 Å². The van der Waals surface area contributed by atoms with Gasteiger partial charge >= 0.3 is 6.03 Å². The second-order valence-corrected chi connectivity index (χ2v) is 12.6. The first-order chi connectivity index (χ1) is 14.8. The average molecular weight is 479 g/mol. The molecule has 0 aromatic heterocycles. The van der Waals surface area contributed by atoms with Crippen LogP contribution in [0.25, 0.3) is 0 Å². The van der Waals surface area contributed by atoms with Crippen molar-refractivity contribution in [2.24, 2.45) is 0 Å². The predicted molar refractivity (Wildman–Crippen MR) is 126 cm³/mol. The van der Waals surface area contributed by atoms with Gasteiger partial charge in [0.15, 0.2) is 9.84 Å². The van der Waals surface area contributed by atoms with Crippen molar-refractivity contribution >= 4 is 31.6 Å². The first kappa shape index (κ1) is 24.3. The van der Waals surface area contributed by atoms with Gasteiger partial charge < -0.3 is 5.32 Å². The highest BCUT2D eigenvalue weighted by atomic mass is 32.2. The molecular weight excluding hydrogens is 448 g/mol. The fourth-order valence-corrected chi connectivity index (χ4v) is 6.92. The summed E-state index contributed by atoms with van der Waals surface area (Å²) in [6.45, 7) is 9.58. The number of hydrogen-bond donors (Lipinski definition) is 2. The molecule has 0 aliphatic carbocycles. The number of amides is 2. The Balaban J connectivity index is 1.95. The van der Waals surface area contributed by atoms with Crippen LogP contribution in [0.5, 0.6) is 0 Å². The minimum atomic E-state index is -4.29. The van der Waals surface area contributed by atoms with Gasteiger partial charge in [-0.05, 0) is 59.9 Å². The molecule has 1 aliphatic rings. The summed E-state index contributed by atoms with van der Waals surface area (Å²) in [7, 11) is -7.83. The Kier molecular flexibility index (Phi) is 6.72. The van der Waals surface area contributed by atoms with Gasteiger partial charge in [-0.1, -0.05) is 52.0 Å². The zero-order valence-electron chi connectivity index (χ0n) is 19.0. The van der Waals surface area contributed by atoms with Gasteiger partial charge in [-0.3, -0.25) is 0 Å². The number of nitrogens with one attached hydrogen (secondary N) is 2. The van der Waals surface area contributed by atoms with Crippen molar-refractivity contribution in [1.29, 1.82) is 0 Å². The smallest absolute Gasteiger partial charge is 0.307 e. The molecule has 0 atom stereocenters. The molecule has 3 rings (SSSR count). The topological polar surface area (TPSA) is 109 Å². The Bertz CT molecular complexity index is 1240. The van der Waals surface area contributed by atoms with Crippen molar-refractivity contribution < 1.29 is 21.6 Å². The molecule has 2 aromatic carbocycles. The molecule has 1 heterocycles. The zero-order chi connectivity index (χ0) is 23.8. The van der Waals surface area contributed by atoms with Crippen LogP contribution in [0.4, 0.5) is 10.5 Å². The molecule has 7 nitrogen and oxygen atoms in total. The van der Waals surface area contributed by atoms with E-state index in [2.05, 4.69) is 10.0 Å². The summed E-state index contributed by atoms with van der Waals surface area (Å²) < 4.78 is 53.0. The van der Waals surface area contributed by atoms with Crippen LogP contribution in [0.3, 0.4) is 0 Å². The zero-order valence-corrected chi connectivity index (χ0v) is 20.7. The van der Waals surface area contributed by atoms with Gasteiger partial charge in [-0.15, -0.1) is 0 Å². The molecule has 0 bridgehead atoms. The van der Waals surface area contributed by atoms with Gasteiger partial charge in [0.1, 0.15) is 0 Å². The van der Waals surface area contributed by atoms with Crippen LogP contribution in [-0.2, 0) is 26.3 Å². The van der Waals surface area contributed by atoms with E-state index >= 15 is 0 Å². The molecule has 1 aliphatic heterocycles. The molecular formula is C23H30N2O5S2. The van der Waals surface area contributed by atoms with E-state index in [1.807, 2.05) is 45.9 Å². The molecule has 0 spiro atoms. The van der Waals surface area contributed by atoms with E-state index in [0.29, 0.717) is 29.7 Å². The summed E-state index contributed by atoms with van der Waals surface area (Å²) in [4.78, 5) is 12.6. The highest BCUT2D eigenvalue weighted by Gasteiger charge is 2.29. The molecule has 9 heteroatoms. The standard InChI is InChI=1S/C23H30N2O5S2/c1-14(2)18-9-6-10-19(15(3)4)22(18)24-23(26)25-32(29,30)20-13-21-17(12-16(20)5)8-7-11-31(21,27)28/h6,9-10,12-15H,7-8,11H2,1-5H3,(H2,24,25,26). The first-order valence-electron chi connectivity index (χ1n) is 10.7. The van der Waals surface area contributed by atoms with E-state index < -0.39 is 25.9 Å². The van der Waals surface area contributed by atoms with Crippen molar-refractivity contribution in [3.8, 4) is 0 Å². The first-order valence-corrected chi connectivity index (χ1v) is 13.8. The fraction of sp³-hybridized carbons (Fsp3) is 0.435. The van der Waals surface area contributed by atoms with Crippen LogP contribution in [-0.4, -0.2) is 28.6 Å². The molecule has 32 heavy (non-hydrogen) atoms. The second kappa shape index (κ2) is 8.86. The number of fused-ring (bicyclic) bond motifs is 1. The second-order valence-electron chi connectivity index (χ2n) is 8.83. The number of anilines is 1. The van der Waals surface area contributed by atoms with Gasteiger partial charge in [0.05, 0.1) is 15.5 Å². The number of carbonyl (C=O) groups excluding carboxylic acids is 1. The molecule has 2 aromatic rings. The summed E-state index contributed by atoms with van der Waals surface area (Å²) in [5, 5.41) is 2.72. The lowest BCUT2D eigenvalue weighted by Gasteiger charge is -2.21. The Morgan fingerprint density at radius 1 is 1.03 bits per heavy atom. The number of urea groups is 1. The Hall–Kier alpha value is -2.39. The minimum absolute atomic E-state index is 0.0135. The van der Waals surface area contributed by atoms with Crippen molar-refractivity contribution in [2.75, 3.05) is 11.1 Å². The van der Waals surface area contributed by atoms with E-state index in [9.17, 15) is 21.6 Å². The Morgan fingerprint density at radius 2 is 1.62 bits per heavy atom. The number of sulfone groups is 1. The van der Waals surface area contributed by atoms with E-state index in [-0.39, 0.29) is 27.4 Å². The minimum Gasteiger partial charge on any atom is -0.307 e. The summed E-state index contributed by atoms with van der Waals surface area (Å²) in [5.41, 5.74) is 3.41. The van der Waals surface area contributed by atoms with Crippen LogP contribution >= 0.6 is 0 Å². The summed E-state index contributed by atoms with van der Waals surface area (Å²) >= 11 is 0. The van der Waals surface area contributed by atoms with E-state index in [4.69, 9.17) is 0 Å². The van der Waals surface area contributed by atoms with E-state index in [1.165, 1.54) is 6.07 Å². The fourth-order valence-electron chi connectivity index (χ4n) is 4.08. The van der Waals surface area contributed by atoms with E-state index in [0.717, 1.165) is 11.1 Å². The predicted octanol–water partition coefficient (Wildman–Crippen LogP) is 4.47. The van der Waals surface area contributed by atoms with Crippen molar-refractivity contribution in [3.63, 3.8) is 0 Å². The number of benzene rings is 2. The lowest BCUT2D eigenvalue weighted by Crippen LogP contribution is -2.35. The maximum Gasteiger partial charge on any atom is 0.333 e. The third kappa shape index (κ3) is 4.83. The van der Waals surface area contributed by atoms with Gasteiger partial charge in [-0.2, -0.15) is 0 Å². The number of rotatable bonds is 5. The molecule has 0 saturated heterocycles. The highest BCUT2D eigenvalue weighted by Crippen LogP contribution is 2.33. The number of hydrogen-bond acceptors (Lipinski definition) is 5. The van der Waals surface area contributed by atoms with Crippen LogP contribution in [0.1, 0.15) is 68.2 Å². The third-order valence-corrected chi connectivity index (χ3v) is 9.03. The molecule has 0 fully saturated rings. The summed E-state index contributed by atoms with van der Waals surface area (Å²) in [6.07, 6.45) is 1.09. The van der Waals surface area contributed by atoms with Gasteiger partial charge in [0, 0.05) is 5.69 Å². The molecule has 174 valence electrons. The SMILES string of the molecule is Cc1cc2c(cc1S(=O)(=O)NC(=O)Nc1c(C(C)C)cccc1C(C)C)S(=O)(=O)CCC2. The number of para-hydroxylation sites is 1. The number of carbonyl (C=O) groups is 1.